The normalized spacial score (nSPS) is 17.6. The molecular formula is C23H31N. The summed E-state index contributed by atoms with van der Waals surface area (Å²) in [5, 5.41) is 0. The Morgan fingerprint density at radius 1 is 0.833 bits per heavy atom. The molecule has 0 bridgehead atoms. The minimum atomic E-state index is 0.110. The third kappa shape index (κ3) is 3.57. The van der Waals surface area contributed by atoms with Crippen LogP contribution in [-0.4, -0.2) is 24.0 Å². The van der Waals surface area contributed by atoms with Crippen LogP contribution >= 0.6 is 0 Å². The molecule has 0 aromatic heterocycles. The van der Waals surface area contributed by atoms with Crippen molar-refractivity contribution in [2.24, 2.45) is 0 Å². The average Bonchev–Trinajstić information content (AvgIpc) is 2.68. The predicted octanol–water partition coefficient (Wildman–Crippen LogP) is 5.65. The lowest BCUT2D eigenvalue weighted by molar-refractivity contribution is 0.148. The van der Waals surface area contributed by atoms with Gasteiger partial charge in [0.25, 0.3) is 0 Å². The SMILES string of the molecule is CCC(CC(C)N1CCCCC1)(c1ccccc1)c1ccccc1. The molecule has 1 saturated heterocycles. The summed E-state index contributed by atoms with van der Waals surface area (Å²) in [5.41, 5.74) is 3.03. The zero-order chi connectivity index (χ0) is 16.8. The molecule has 1 heteroatoms. The van der Waals surface area contributed by atoms with Gasteiger partial charge < -0.3 is 4.90 Å². The summed E-state index contributed by atoms with van der Waals surface area (Å²) in [6.45, 7) is 7.32. The van der Waals surface area contributed by atoms with E-state index < -0.39 is 0 Å². The zero-order valence-electron chi connectivity index (χ0n) is 15.2. The zero-order valence-corrected chi connectivity index (χ0v) is 15.2. The molecule has 24 heavy (non-hydrogen) atoms. The summed E-state index contributed by atoms with van der Waals surface area (Å²) in [6.07, 6.45) is 6.45. The van der Waals surface area contributed by atoms with Gasteiger partial charge >= 0.3 is 0 Å². The van der Waals surface area contributed by atoms with Crippen LogP contribution in [0.3, 0.4) is 0 Å². The maximum absolute atomic E-state index is 2.71. The predicted molar refractivity (Wildman–Crippen MR) is 103 cm³/mol. The van der Waals surface area contributed by atoms with Crippen LogP contribution in [0.5, 0.6) is 0 Å². The van der Waals surface area contributed by atoms with E-state index in [0.717, 1.165) is 6.42 Å². The van der Waals surface area contributed by atoms with Gasteiger partial charge in [-0.2, -0.15) is 0 Å². The number of nitrogens with zero attached hydrogens (tertiary/aromatic N) is 1. The topological polar surface area (TPSA) is 3.24 Å². The largest absolute Gasteiger partial charge is 0.301 e. The Kier molecular flexibility index (Phi) is 5.73. The molecule has 0 aliphatic carbocycles. The molecule has 0 spiro atoms. The van der Waals surface area contributed by atoms with Crippen molar-refractivity contribution >= 4 is 0 Å². The van der Waals surface area contributed by atoms with Crippen LogP contribution in [0, 0.1) is 0 Å². The lowest BCUT2D eigenvalue weighted by Gasteiger charge is -2.41. The fraction of sp³-hybridized carbons (Fsp3) is 0.478. The number of likely N-dealkylation sites (tertiary alicyclic amines) is 1. The summed E-state index contributed by atoms with van der Waals surface area (Å²) in [7, 11) is 0. The summed E-state index contributed by atoms with van der Waals surface area (Å²) >= 11 is 0. The number of hydrogen-bond acceptors (Lipinski definition) is 1. The van der Waals surface area contributed by atoms with Gasteiger partial charge in [0, 0.05) is 11.5 Å². The molecule has 1 aliphatic heterocycles. The van der Waals surface area contributed by atoms with Crippen molar-refractivity contribution in [3.05, 3.63) is 71.8 Å². The standard InChI is InChI=1S/C23H31N/c1-3-23(21-13-7-4-8-14-21,22-15-9-5-10-16-22)19-20(2)24-17-11-6-12-18-24/h4-5,7-10,13-16,20H,3,6,11-12,17-19H2,1-2H3. The van der Waals surface area contributed by atoms with E-state index in [0.29, 0.717) is 6.04 Å². The highest BCUT2D eigenvalue weighted by Crippen LogP contribution is 2.40. The quantitative estimate of drug-likeness (QED) is 0.665. The lowest BCUT2D eigenvalue weighted by Crippen LogP contribution is -2.42. The maximum Gasteiger partial charge on any atom is 0.0215 e. The van der Waals surface area contributed by atoms with Gasteiger partial charge in [0.1, 0.15) is 0 Å². The first kappa shape index (κ1) is 17.2. The van der Waals surface area contributed by atoms with E-state index in [1.165, 1.54) is 49.9 Å². The molecule has 0 radical (unpaired) electrons. The Labute approximate surface area is 147 Å². The van der Waals surface area contributed by atoms with Crippen molar-refractivity contribution in [2.45, 2.75) is 57.4 Å². The Morgan fingerprint density at radius 3 is 1.79 bits per heavy atom. The molecule has 1 fully saturated rings. The Morgan fingerprint density at radius 2 is 1.33 bits per heavy atom. The van der Waals surface area contributed by atoms with Crippen molar-refractivity contribution in [3.63, 3.8) is 0 Å². The van der Waals surface area contributed by atoms with Gasteiger partial charge in [-0.25, -0.2) is 0 Å². The monoisotopic (exact) mass is 321 g/mol. The van der Waals surface area contributed by atoms with Gasteiger partial charge in [-0.1, -0.05) is 74.0 Å². The average molecular weight is 322 g/mol. The third-order valence-corrected chi connectivity index (χ3v) is 5.91. The number of rotatable bonds is 6. The minimum absolute atomic E-state index is 0.110. The second-order valence-electron chi connectivity index (χ2n) is 7.32. The highest BCUT2D eigenvalue weighted by atomic mass is 15.2. The number of piperidine rings is 1. The first-order valence-corrected chi connectivity index (χ1v) is 9.61. The maximum atomic E-state index is 2.71. The third-order valence-electron chi connectivity index (χ3n) is 5.91. The van der Waals surface area contributed by atoms with Crippen LogP contribution in [0.4, 0.5) is 0 Å². The van der Waals surface area contributed by atoms with E-state index in [2.05, 4.69) is 79.4 Å². The van der Waals surface area contributed by atoms with Crippen LogP contribution in [0.25, 0.3) is 0 Å². The Balaban J connectivity index is 1.95. The second-order valence-corrected chi connectivity index (χ2v) is 7.32. The van der Waals surface area contributed by atoms with Crippen LogP contribution < -0.4 is 0 Å². The summed E-state index contributed by atoms with van der Waals surface area (Å²) in [4.78, 5) is 2.71. The van der Waals surface area contributed by atoms with Crippen molar-refractivity contribution in [3.8, 4) is 0 Å². The Bertz CT molecular complexity index is 559. The molecule has 1 unspecified atom stereocenters. The van der Waals surface area contributed by atoms with Crippen LogP contribution in [0.2, 0.25) is 0 Å². The minimum Gasteiger partial charge on any atom is -0.301 e. The number of benzene rings is 2. The van der Waals surface area contributed by atoms with Gasteiger partial charge in [0.15, 0.2) is 0 Å². The van der Waals surface area contributed by atoms with E-state index in [9.17, 15) is 0 Å². The van der Waals surface area contributed by atoms with Gasteiger partial charge in [-0.15, -0.1) is 0 Å². The smallest absolute Gasteiger partial charge is 0.0215 e. The molecule has 1 nitrogen and oxygen atoms in total. The van der Waals surface area contributed by atoms with Crippen LogP contribution in [0.1, 0.15) is 57.1 Å². The summed E-state index contributed by atoms with van der Waals surface area (Å²) in [6, 6.07) is 22.9. The van der Waals surface area contributed by atoms with Gasteiger partial charge in [-0.05, 0) is 56.8 Å². The van der Waals surface area contributed by atoms with Crippen LogP contribution in [-0.2, 0) is 5.41 Å². The first-order valence-electron chi connectivity index (χ1n) is 9.61. The van der Waals surface area contributed by atoms with Gasteiger partial charge in [-0.3, -0.25) is 0 Å². The molecule has 2 aromatic carbocycles. The van der Waals surface area contributed by atoms with Crippen molar-refractivity contribution in [1.82, 2.24) is 4.90 Å². The van der Waals surface area contributed by atoms with Gasteiger partial charge in [0.05, 0.1) is 0 Å². The van der Waals surface area contributed by atoms with E-state index in [4.69, 9.17) is 0 Å². The van der Waals surface area contributed by atoms with E-state index >= 15 is 0 Å². The van der Waals surface area contributed by atoms with Gasteiger partial charge in [0.2, 0.25) is 0 Å². The van der Waals surface area contributed by atoms with Crippen LogP contribution in [0.15, 0.2) is 60.7 Å². The molecule has 128 valence electrons. The number of hydrogen-bond donors (Lipinski definition) is 0. The van der Waals surface area contributed by atoms with Crippen molar-refractivity contribution in [2.75, 3.05) is 13.1 Å². The van der Waals surface area contributed by atoms with Crippen molar-refractivity contribution < 1.29 is 0 Å². The fourth-order valence-electron chi connectivity index (χ4n) is 4.46. The van der Waals surface area contributed by atoms with E-state index in [-0.39, 0.29) is 5.41 Å². The summed E-state index contributed by atoms with van der Waals surface area (Å²) < 4.78 is 0. The fourth-order valence-corrected chi connectivity index (χ4v) is 4.46. The molecule has 1 aliphatic rings. The molecule has 2 aromatic rings. The Hall–Kier alpha value is -1.60. The van der Waals surface area contributed by atoms with E-state index in [1.807, 2.05) is 0 Å². The second kappa shape index (κ2) is 7.98. The molecule has 1 atom stereocenters. The molecule has 0 saturated carbocycles. The highest BCUT2D eigenvalue weighted by molar-refractivity contribution is 5.39. The molecule has 1 heterocycles. The molecule has 0 N–H and O–H groups in total. The highest BCUT2D eigenvalue weighted by Gasteiger charge is 2.35. The molecular weight excluding hydrogens is 290 g/mol. The molecule has 0 amide bonds. The van der Waals surface area contributed by atoms with Crippen molar-refractivity contribution in [1.29, 1.82) is 0 Å². The lowest BCUT2D eigenvalue weighted by atomic mass is 9.68. The first-order chi connectivity index (χ1) is 11.8. The van der Waals surface area contributed by atoms with E-state index in [1.54, 1.807) is 0 Å². The molecule has 3 rings (SSSR count). The summed E-state index contributed by atoms with van der Waals surface area (Å²) in [5.74, 6) is 0.